The second kappa shape index (κ2) is 7.43. The SMILES string of the molecule is CC(C)C(=O)Oc1c(O)cc(Cl)cc1C=NC(O)C(C)C. The van der Waals surface area contributed by atoms with Crippen LogP contribution in [-0.2, 0) is 4.79 Å². The molecule has 1 unspecified atom stereocenters. The number of hydrogen-bond acceptors (Lipinski definition) is 5. The number of carbonyl (C=O) groups excluding carboxylic acids is 1. The molecule has 0 aliphatic heterocycles. The van der Waals surface area contributed by atoms with Crippen LogP contribution in [0.3, 0.4) is 0 Å². The highest BCUT2D eigenvalue weighted by molar-refractivity contribution is 6.31. The molecule has 0 radical (unpaired) electrons. The molecular weight excluding hydrogens is 294 g/mol. The first kappa shape index (κ1) is 17.5. The van der Waals surface area contributed by atoms with Gasteiger partial charge in [0, 0.05) is 22.9 Å². The average molecular weight is 314 g/mol. The van der Waals surface area contributed by atoms with Gasteiger partial charge in [0.1, 0.15) is 6.23 Å². The molecule has 6 heteroatoms. The fourth-order valence-electron chi connectivity index (χ4n) is 1.35. The van der Waals surface area contributed by atoms with Crippen LogP contribution in [-0.4, -0.2) is 28.6 Å². The van der Waals surface area contributed by atoms with Gasteiger partial charge in [-0.25, -0.2) is 0 Å². The summed E-state index contributed by atoms with van der Waals surface area (Å²) in [6, 6.07) is 2.78. The molecule has 0 spiro atoms. The van der Waals surface area contributed by atoms with Crippen molar-refractivity contribution in [2.45, 2.75) is 33.9 Å². The lowest BCUT2D eigenvalue weighted by atomic mass is 10.1. The summed E-state index contributed by atoms with van der Waals surface area (Å²) in [5, 5.41) is 19.9. The number of carbonyl (C=O) groups is 1. The van der Waals surface area contributed by atoms with Crippen LogP contribution in [0.4, 0.5) is 0 Å². The summed E-state index contributed by atoms with van der Waals surface area (Å²) < 4.78 is 5.17. The largest absolute Gasteiger partial charge is 0.504 e. The Balaban J connectivity index is 3.14. The van der Waals surface area contributed by atoms with E-state index in [0.717, 1.165) is 0 Å². The van der Waals surface area contributed by atoms with Crippen LogP contribution in [0.5, 0.6) is 11.5 Å². The Morgan fingerprint density at radius 2 is 1.95 bits per heavy atom. The normalized spacial score (nSPS) is 13.1. The average Bonchev–Trinajstić information content (AvgIpc) is 2.38. The summed E-state index contributed by atoms with van der Waals surface area (Å²) in [6.07, 6.45) is 0.443. The van der Waals surface area contributed by atoms with Crippen molar-refractivity contribution in [3.8, 4) is 11.5 Å². The van der Waals surface area contributed by atoms with Crippen molar-refractivity contribution < 1.29 is 19.7 Å². The van der Waals surface area contributed by atoms with Crippen LogP contribution in [0.2, 0.25) is 5.02 Å². The van der Waals surface area contributed by atoms with Crippen LogP contribution in [0.1, 0.15) is 33.3 Å². The molecule has 0 heterocycles. The quantitative estimate of drug-likeness (QED) is 0.497. The summed E-state index contributed by atoms with van der Waals surface area (Å²) in [5.41, 5.74) is 0.328. The lowest BCUT2D eigenvalue weighted by Crippen LogP contribution is -2.16. The first-order chi connectivity index (χ1) is 9.72. The number of esters is 1. The molecule has 21 heavy (non-hydrogen) atoms. The van der Waals surface area contributed by atoms with Gasteiger partial charge in [-0.1, -0.05) is 39.3 Å². The predicted molar refractivity (Wildman–Crippen MR) is 82.0 cm³/mol. The topological polar surface area (TPSA) is 79.1 Å². The number of hydrogen-bond donors (Lipinski definition) is 2. The molecule has 0 aliphatic rings. The number of nitrogens with zero attached hydrogens (tertiary/aromatic N) is 1. The highest BCUT2D eigenvalue weighted by Crippen LogP contribution is 2.33. The molecule has 0 amide bonds. The van der Waals surface area contributed by atoms with E-state index in [1.54, 1.807) is 13.8 Å². The number of aromatic hydroxyl groups is 1. The smallest absolute Gasteiger partial charge is 0.313 e. The maximum Gasteiger partial charge on any atom is 0.313 e. The van der Waals surface area contributed by atoms with Gasteiger partial charge in [0.25, 0.3) is 0 Å². The molecule has 1 aromatic carbocycles. The van der Waals surface area contributed by atoms with E-state index in [1.165, 1.54) is 18.3 Å². The zero-order chi connectivity index (χ0) is 16.2. The number of rotatable bonds is 5. The highest BCUT2D eigenvalue weighted by Gasteiger charge is 2.17. The molecule has 1 rings (SSSR count). The van der Waals surface area contributed by atoms with E-state index in [4.69, 9.17) is 16.3 Å². The van der Waals surface area contributed by atoms with Crippen LogP contribution in [0, 0.1) is 11.8 Å². The van der Waals surface area contributed by atoms with Crippen molar-refractivity contribution in [1.82, 2.24) is 0 Å². The van der Waals surface area contributed by atoms with Crippen LogP contribution in [0.25, 0.3) is 0 Å². The maximum atomic E-state index is 11.7. The number of aliphatic imine (C=N–C) groups is 1. The number of halogens is 1. The van der Waals surface area contributed by atoms with Gasteiger partial charge in [-0.05, 0) is 12.0 Å². The van der Waals surface area contributed by atoms with E-state index in [0.29, 0.717) is 5.56 Å². The second-order valence-electron chi connectivity index (χ2n) is 5.35. The third kappa shape index (κ3) is 5.02. The van der Waals surface area contributed by atoms with Gasteiger partial charge in [0.2, 0.25) is 0 Å². The molecule has 0 saturated carbocycles. The summed E-state index contributed by atoms with van der Waals surface area (Å²) in [6.45, 7) is 7.01. The minimum atomic E-state index is -0.889. The zero-order valence-corrected chi connectivity index (χ0v) is 13.3. The molecule has 5 nitrogen and oxygen atoms in total. The number of ether oxygens (including phenoxy) is 1. The third-order valence-corrected chi connectivity index (χ3v) is 2.92. The lowest BCUT2D eigenvalue weighted by Gasteiger charge is -2.12. The molecule has 2 N–H and O–H groups in total. The van der Waals surface area contributed by atoms with Crippen LogP contribution >= 0.6 is 11.6 Å². The van der Waals surface area contributed by atoms with Gasteiger partial charge in [-0.15, -0.1) is 0 Å². The molecule has 1 aromatic rings. The Morgan fingerprint density at radius 1 is 1.33 bits per heavy atom. The van der Waals surface area contributed by atoms with Crippen molar-refractivity contribution in [2.24, 2.45) is 16.8 Å². The highest BCUT2D eigenvalue weighted by atomic mass is 35.5. The summed E-state index contributed by atoms with van der Waals surface area (Å²) in [5.74, 6) is -1.15. The number of benzene rings is 1. The van der Waals surface area contributed by atoms with Crippen LogP contribution < -0.4 is 4.74 Å². The number of phenolic OH excluding ortho intramolecular Hbond substituents is 1. The molecule has 0 bridgehead atoms. The van der Waals surface area contributed by atoms with E-state index in [9.17, 15) is 15.0 Å². The summed E-state index contributed by atoms with van der Waals surface area (Å²) >= 11 is 5.87. The Hall–Kier alpha value is -1.59. The summed E-state index contributed by atoms with van der Waals surface area (Å²) in [7, 11) is 0. The van der Waals surface area contributed by atoms with E-state index in [1.807, 2.05) is 13.8 Å². The van der Waals surface area contributed by atoms with Gasteiger partial charge in [0.15, 0.2) is 11.5 Å². The Labute approximate surface area is 129 Å². The standard InChI is InChI=1S/C15H20ClNO4/c1-8(2)14(19)17-7-10-5-11(16)6-12(18)13(10)21-15(20)9(3)4/h5-9,14,18-19H,1-4H3. The predicted octanol–water partition coefficient (Wildman–Crippen LogP) is 3.00. The molecular formula is C15H20ClNO4. The molecule has 0 saturated heterocycles. The fraction of sp³-hybridized carbons (Fsp3) is 0.467. The zero-order valence-electron chi connectivity index (χ0n) is 12.5. The third-order valence-electron chi connectivity index (χ3n) is 2.70. The van der Waals surface area contributed by atoms with Crippen molar-refractivity contribution in [2.75, 3.05) is 0 Å². The number of aliphatic hydroxyl groups excluding tert-OH is 1. The molecule has 0 fully saturated rings. The van der Waals surface area contributed by atoms with Crippen molar-refractivity contribution >= 4 is 23.8 Å². The van der Waals surface area contributed by atoms with E-state index < -0.39 is 12.2 Å². The fourth-order valence-corrected chi connectivity index (χ4v) is 1.58. The van der Waals surface area contributed by atoms with Crippen molar-refractivity contribution in [3.05, 3.63) is 22.7 Å². The summed E-state index contributed by atoms with van der Waals surface area (Å²) in [4.78, 5) is 15.6. The molecule has 116 valence electrons. The first-order valence-electron chi connectivity index (χ1n) is 6.67. The first-order valence-corrected chi connectivity index (χ1v) is 7.05. The van der Waals surface area contributed by atoms with Gasteiger partial charge in [0.05, 0.1) is 5.92 Å². The van der Waals surface area contributed by atoms with E-state index in [-0.39, 0.29) is 28.4 Å². The van der Waals surface area contributed by atoms with Gasteiger partial charge in [-0.2, -0.15) is 0 Å². The Kier molecular flexibility index (Phi) is 6.18. The van der Waals surface area contributed by atoms with Gasteiger partial charge >= 0.3 is 5.97 Å². The monoisotopic (exact) mass is 313 g/mol. The maximum absolute atomic E-state index is 11.7. The van der Waals surface area contributed by atoms with Crippen molar-refractivity contribution in [3.63, 3.8) is 0 Å². The minimum absolute atomic E-state index is 0.0159. The number of aliphatic hydroxyl groups is 1. The van der Waals surface area contributed by atoms with Gasteiger partial charge in [-0.3, -0.25) is 9.79 Å². The molecule has 1 atom stereocenters. The number of phenols is 1. The molecule has 0 aliphatic carbocycles. The van der Waals surface area contributed by atoms with Gasteiger partial charge < -0.3 is 14.9 Å². The minimum Gasteiger partial charge on any atom is -0.504 e. The van der Waals surface area contributed by atoms with Crippen LogP contribution in [0.15, 0.2) is 17.1 Å². The van der Waals surface area contributed by atoms with E-state index >= 15 is 0 Å². The lowest BCUT2D eigenvalue weighted by molar-refractivity contribution is -0.137. The van der Waals surface area contributed by atoms with E-state index in [2.05, 4.69) is 4.99 Å². The van der Waals surface area contributed by atoms with Crippen molar-refractivity contribution in [1.29, 1.82) is 0 Å². The second-order valence-corrected chi connectivity index (χ2v) is 5.79. The Bertz CT molecular complexity index is 541. The Morgan fingerprint density at radius 3 is 2.48 bits per heavy atom. The molecule has 0 aromatic heterocycles.